The van der Waals surface area contributed by atoms with Gasteiger partial charge in [0, 0.05) is 31.6 Å². The summed E-state index contributed by atoms with van der Waals surface area (Å²) in [6.07, 6.45) is 5.59. The molecule has 1 fully saturated rings. The number of hydrogen-bond donors (Lipinski definition) is 1. The van der Waals surface area contributed by atoms with Crippen LogP contribution in [0.2, 0.25) is 0 Å². The van der Waals surface area contributed by atoms with Gasteiger partial charge in [-0.2, -0.15) is 0 Å². The highest BCUT2D eigenvalue weighted by atomic mass is 32.1. The lowest BCUT2D eigenvalue weighted by molar-refractivity contribution is -0.0905. The molecule has 0 amide bonds. The molecule has 0 bridgehead atoms. The number of fused-ring (bicyclic) bond motifs is 1. The lowest BCUT2D eigenvalue weighted by Crippen LogP contribution is -2.53. The highest BCUT2D eigenvalue weighted by molar-refractivity contribution is 7.12. The number of aromatic nitrogens is 1. The Labute approximate surface area is 131 Å². The normalized spacial score (nSPS) is 27.8. The van der Waals surface area contributed by atoms with Crippen molar-refractivity contribution in [2.75, 3.05) is 26.9 Å². The summed E-state index contributed by atoms with van der Waals surface area (Å²) in [5.74, 6) is 0. The highest BCUT2D eigenvalue weighted by Crippen LogP contribution is 2.42. The Balaban J connectivity index is 1.87. The Bertz CT molecular complexity index is 479. The molecule has 1 unspecified atom stereocenters. The molecule has 2 heterocycles. The molecule has 1 aromatic heterocycles. The van der Waals surface area contributed by atoms with Crippen LogP contribution in [0.15, 0.2) is 0 Å². The summed E-state index contributed by atoms with van der Waals surface area (Å²) in [6, 6.07) is 0. The van der Waals surface area contributed by atoms with E-state index in [1.54, 1.807) is 7.11 Å². The predicted molar refractivity (Wildman–Crippen MR) is 85.0 cm³/mol. The van der Waals surface area contributed by atoms with Gasteiger partial charge in [-0.25, -0.2) is 4.98 Å². The summed E-state index contributed by atoms with van der Waals surface area (Å²) in [4.78, 5) is 6.49. The third kappa shape index (κ3) is 3.16. The van der Waals surface area contributed by atoms with Gasteiger partial charge in [-0.15, -0.1) is 11.3 Å². The van der Waals surface area contributed by atoms with Crippen LogP contribution in [-0.2, 0) is 27.9 Å². The maximum absolute atomic E-state index is 5.93. The second kappa shape index (κ2) is 5.95. The smallest absolute Gasteiger partial charge is 0.113 e. The van der Waals surface area contributed by atoms with Crippen molar-refractivity contribution in [2.45, 2.75) is 57.1 Å². The van der Waals surface area contributed by atoms with Gasteiger partial charge in [0.2, 0.25) is 0 Å². The van der Waals surface area contributed by atoms with Gasteiger partial charge in [0.1, 0.15) is 5.01 Å². The third-order valence-electron chi connectivity index (χ3n) is 4.52. The maximum atomic E-state index is 5.93. The average Bonchev–Trinajstić information content (AvgIpc) is 2.98. The molecule has 0 aromatic carbocycles. The molecular formula is C16H26N2O2S. The van der Waals surface area contributed by atoms with Gasteiger partial charge in [-0.1, -0.05) is 0 Å². The zero-order valence-electron chi connectivity index (χ0n) is 13.3. The highest BCUT2D eigenvalue weighted by Gasteiger charge is 2.44. The van der Waals surface area contributed by atoms with Crippen LogP contribution in [0.25, 0.3) is 0 Å². The van der Waals surface area contributed by atoms with Crippen LogP contribution in [0.1, 0.15) is 48.7 Å². The fourth-order valence-corrected chi connectivity index (χ4v) is 4.91. The van der Waals surface area contributed by atoms with Gasteiger partial charge >= 0.3 is 0 Å². The number of aryl methyl sites for hydroxylation is 2. The first-order valence-electron chi connectivity index (χ1n) is 7.92. The Hall–Kier alpha value is -0.490. The molecule has 3 rings (SSSR count). The van der Waals surface area contributed by atoms with Gasteiger partial charge in [-0.3, -0.25) is 0 Å². The molecule has 1 saturated heterocycles. The molecule has 1 atom stereocenters. The van der Waals surface area contributed by atoms with E-state index in [-0.39, 0.29) is 11.1 Å². The lowest BCUT2D eigenvalue weighted by atomic mass is 9.81. The van der Waals surface area contributed by atoms with Crippen molar-refractivity contribution < 1.29 is 9.47 Å². The number of methoxy groups -OCH3 is 1. The predicted octanol–water partition coefficient (Wildman–Crippen LogP) is 2.65. The van der Waals surface area contributed by atoms with Crippen LogP contribution in [-0.4, -0.2) is 37.5 Å². The van der Waals surface area contributed by atoms with Crippen LogP contribution in [0.4, 0.5) is 0 Å². The average molecular weight is 310 g/mol. The SMILES string of the molecule is COCCNC1(c2nc3c(s2)CCC3)CCOC(C)(C)C1. The van der Waals surface area contributed by atoms with Gasteiger partial charge in [-0.05, 0) is 39.5 Å². The van der Waals surface area contributed by atoms with Gasteiger partial charge < -0.3 is 14.8 Å². The first-order valence-corrected chi connectivity index (χ1v) is 8.73. The van der Waals surface area contributed by atoms with Crippen molar-refractivity contribution in [3.8, 4) is 0 Å². The summed E-state index contributed by atoms with van der Waals surface area (Å²) in [5.41, 5.74) is 1.19. The van der Waals surface area contributed by atoms with Crippen molar-refractivity contribution in [3.63, 3.8) is 0 Å². The van der Waals surface area contributed by atoms with Crippen molar-refractivity contribution in [2.24, 2.45) is 0 Å². The molecule has 118 valence electrons. The molecule has 0 radical (unpaired) electrons. The minimum absolute atomic E-state index is 0.0463. The molecule has 1 aliphatic heterocycles. The largest absolute Gasteiger partial charge is 0.383 e. The lowest BCUT2D eigenvalue weighted by Gasteiger charge is -2.44. The maximum Gasteiger partial charge on any atom is 0.113 e. The van der Waals surface area contributed by atoms with E-state index in [1.165, 1.54) is 28.4 Å². The molecule has 0 spiro atoms. The summed E-state index contributed by atoms with van der Waals surface area (Å²) in [5, 5.41) is 5.00. The summed E-state index contributed by atoms with van der Waals surface area (Å²) < 4.78 is 11.1. The van der Waals surface area contributed by atoms with Crippen LogP contribution < -0.4 is 5.32 Å². The molecule has 2 aliphatic rings. The van der Waals surface area contributed by atoms with Crippen LogP contribution in [0, 0.1) is 0 Å². The van der Waals surface area contributed by atoms with E-state index in [0.29, 0.717) is 0 Å². The molecule has 1 aliphatic carbocycles. The third-order valence-corrected chi connectivity index (χ3v) is 5.89. The molecule has 1 N–H and O–H groups in total. The van der Waals surface area contributed by atoms with E-state index in [2.05, 4.69) is 19.2 Å². The zero-order valence-corrected chi connectivity index (χ0v) is 14.1. The number of nitrogens with one attached hydrogen (secondary N) is 1. The molecule has 5 heteroatoms. The van der Waals surface area contributed by atoms with E-state index < -0.39 is 0 Å². The summed E-state index contributed by atoms with van der Waals surface area (Å²) >= 11 is 1.92. The Morgan fingerprint density at radius 2 is 2.24 bits per heavy atom. The van der Waals surface area contributed by atoms with E-state index in [0.717, 1.165) is 39.0 Å². The van der Waals surface area contributed by atoms with E-state index in [1.807, 2.05) is 11.3 Å². The first-order chi connectivity index (χ1) is 10.0. The molecule has 1 aromatic rings. The minimum Gasteiger partial charge on any atom is -0.383 e. The van der Waals surface area contributed by atoms with Gasteiger partial charge in [0.05, 0.1) is 23.4 Å². The van der Waals surface area contributed by atoms with Crippen molar-refractivity contribution in [3.05, 3.63) is 15.6 Å². The standard InChI is InChI=1S/C16H26N2O2S/c1-15(2)11-16(7-9-20-15,17-8-10-19-3)14-18-12-5-4-6-13(12)21-14/h17H,4-11H2,1-3H3. The Morgan fingerprint density at radius 1 is 1.38 bits per heavy atom. The first kappa shape index (κ1) is 15.4. The minimum atomic E-state index is -0.103. The second-order valence-electron chi connectivity index (χ2n) is 6.78. The summed E-state index contributed by atoms with van der Waals surface area (Å²) in [6.45, 7) is 6.74. The monoisotopic (exact) mass is 310 g/mol. The van der Waals surface area contributed by atoms with Crippen molar-refractivity contribution >= 4 is 11.3 Å². The van der Waals surface area contributed by atoms with Crippen molar-refractivity contribution in [1.29, 1.82) is 0 Å². The summed E-state index contributed by atoms with van der Waals surface area (Å²) in [7, 11) is 1.75. The topological polar surface area (TPSA) is 43.4 Å². The zero-order chi connectivity index (χ0) is 14.9. The Kier molecular flexibility index (Phi) is 4.37. The van der Waals surface area contributed by atoms with E-state index >= 15 is 0 Å². The molecular weight excluding hydrogens is 284 g/mol. The number of hydrogen-bond acceptors (Lipinski definition) is 5. The van der Waals surface area contributed by atoms with Crippen LogP contribution in [0.5, 0.6) is 0 Å². The van der Waals surface area contributed by atoms with Crippen LogP contribution >= 0.6 is 11.3 Å². The number of thiazole rings is 1. The number of nitrogens with zero attached hydrogens (tertiary/aromatic N) is 1. The van der Waals surface area contributed by atoms with Gasteiger partial charge in [0.15, 0.2) is 0 Å². The second-order valence-corrected chi connectivity index (χ2v) is 7.86. The number of ether oxygens (including phenoxy) is 2. The fourth-order valence-electron chi connectivity index (χ4n) is 3.56. The molecule has 0 saturated carbocycles. The number of rotatable bonds is 5. The molecule has 21 heavy (non-hydrogen) atoms. The fraction of sp³-hybridized carbons (Fsp3) is 0.812. The van der Waals surface area contributed by atoms with Crippen LogP contribution in [0.3, 0.4) is 0 Å². The van der Waals surface area contributed by atoms with E-state index in [9.17, 15) is 0 Å². The van der Waals surface area contributed by atoms with Crippen molar-refractivity contribution in [1.82, 2.24) is 10.3 Å². The molecule has 4 nitrogen and oxygen atoms in total. The van der Waals surface area contributed by atoms with Gasteiger partial charge in [0.25, 0.3) is 0 Å². The Morgan fingerprint density at radius 3 is 2.95 bits per heavy atom. The van der Waals surface area contributed by atoms with E-state index in [4.69, 9.17) is 14.5 Å². The quantitative estimate of drug-likeness (QED) is 0.849.